The Labute approximate surface area is 100.0 Å². The number of unbranched alkanes of at least 4 members (excludes halogenated alkanes) is 1. The Hall–Kier alpha value is -0.610. The number of rotatable bonds is 9. The van der Waals surface area contributed by atoms with Crippen LogP contribution in [-0.2, 0) is 4.79 Å². The van der Waals surface area contributed by atoms with Gasteiger partial charge in [-0.1, -0.05) is 0 Å². The van der Waals surface area contributed by atoms with Crippen LogP contribution >= 0.6 is 0 Å². The van der Waals surface area contributed by atoms with Crippen molar-refractivity contribution in [1.29, 1.82) is 0 Å². The molecule has 0 bridgehead atoms. The second-order valence-electron chi connectivity index (χ2n) is 4.25. The minimum atomic E-state index is 0.206. The summed E-state index contributed by atoms with van der Waals surface area (Å²) in [6.45, 7) is 8.16. The Balaban J connectivity index is 3.40. The molecule has 96 valence electrons. The van der Waals surface area contributed by atoms with Crippen LogP contribution in [0.4, 0.5) is 0 Å². The lowest BCUT2D eigenvalue weighted by molar-refractivity contribution is -0.129. The average Bonchev–Trinajstić information content (AvgIpc) is 2.24. The molecule has 0 aromatic rings. The van der Waals surface area contributed by atoms with E-state index in [1.54, 1.807) is 0 Å². The van der Waals surface area contributed by atoms with Crippen molar-refractivity contribution in [3.05, 3.63) is 0 Å². The van der Waals surface area contributed by atoms with Crippen molar-refractivity contribution in [1.82, 2.24) is 15.1 Å². The van der Waals surface area contributed by atoms with Gasteiger partial charge in [-0.3, -0.25) is 4.79 Å². The molecule has 0 aliphatic heterocycles. The highest BCUT2D eigenvalue weighted by molar-refractivity contribution is 5.78. The smallest absolute Gasteiger partial charge is 0.236 e. The van der Waals surface area contributed by atoms with E-state index in [0.717, 1.165) is 32.6 Å². The molecule has 0 saturated carbocycles. The van der Waals surface area contributed by atoms with Gasteiger partial charge in [-0.25, -0.2) is 0 Å². The quantitative estimate of drug-likeness (QED) is 0.594. The molecule has 4 heteroatoms. The molecule has 0 fully saturated rings. The van der Waals surface area contributed by atoms with Gasteiger partial charge in [0.25, 0.3) is 0 Å². The van der Waals surface area contributed by atoms with E-state index in [2.05, 4.69) is 24.3 Å². The molecule has 0 aromatic heterocycles. The lowest BCUT2D eigenvalue weighted by Gasteiger charge is -2.18. The molecule has 0 radical (unpaired) electrons. The first-order valence-corrected chi connectivity index (χ1v) is 6.25. The molecule has 0 atom stereocenters. The van der Waals surface area contributed by atoms with E-state index in [1.165, 1.54) is 6.42 Å². The van der Waals surface area contributed by atoms with Gasteiger partial charge >= 0.3 is 0 Å². The van der Waals surface area contributed by atoms with E-state index in [-0.39, 0.29) is 5.91 Å². The summed E-state index contributed by atoms with van der Waals surface area (Å²) in [4.78, 5) is 15.6. The summed E-state index contributed by atoms with van der Waals surface area (Å²) in [5, 5.41) is 3.20. The number of carbonyl (C=O) groups excluding carboxylic acids is 1. The molecule has 16 heavy (non-hydrogen) atoms. The highest BCUT2D eigenvalue weighted by atomic mass is 16.2. The minimum Gasteiger partial charge on any atom is -0.342 e. The first kappa shape index (κ1) is 15.4. The van der Waals surface area contributed by atoms with Crippen molar-refractivity contribution >= 4 is 5.91 Å². The number of nitrogens with one attached hydrogen (secondary N) is 1. The van der Waals surface area contributed by atoms with Crippen molar-refractivity contribution < 1.29 is 4.79 Å². The largest absolute Gasteiger partial charge is 0.342 e. The third-order valence-electron chi connectivity index (χ3n) is 2.60. The standard InChI is InChI=1S/C12H27N3O/c1-5-15(6-2)12(16)11-13-9-7-8-10-14(3)4/h13H,5-11H2,1-4H3. The zero-order chi connectivity index (χ0) is 12.4. The highest BCUT2D eigenvalue weighted by Crippen LogP contribution is 1.90. The maximum absolute atomic E-state index is 11.6. The fourth-order valence-corrected chi connectivity index (χ4v) is 1.56. The van der Waals surface area contributed by atoms with Gasteiger partial charge in [-0.05, 0) is 53.9 Å². The van der Waals surface area contributed by atoms with Crippen molar-refractivity contribution in [2.75, 3.05) is 46.8 Å². The number of hydrogen-bond donors (Lipinski definition) is 1. The first-order valence-electron chi connectivity index (χ1n) is 6.25. The summed E-state index contributed by atoms with van der Waals surface area (Å²) in [5.41, 5.74) is 0. The van der Waals surface area contributed by atoms with Crippen molar-refractivity contribution in [2.45, 2.75) is 26.7 Å². The Kier molecular flexibility index (Phi) is 9.24. The van der Waals surface area contributed by atoms with Crippen LogP contribution in [0.25, 0.3) is 0 Å². The zero-order valence-electron chi connectivity index (χ0n) is 11.3. The minimum absolute atomic E-state index is 0.206. The SMILES string of the molecule is CCN(CC)C(=O)CNCCCCN(C)C. The maximum Gasteiger partial charge on any atom is 0.236 e. The summed E-state index contributed by atoms with van der Waals surface area (Å²) in [6.07, 6.45) is 2.31. The Morgan fingerprint density at radius 2 is 1.75 bits per heavy atom. The highest BCUT2D eigenvalue weighted by Gasteiger charge is 2.07. The molecule has 0 rings (SSSR count). The van der Waals surface area contributed by atoms with Crippen molar-refractivity contribution in [3.8, 4) is 0 Å². The zero-order valence-corrected chi connectivity index (χ0v) is 11.3. The van der Waals surface area contributed by atoms with E-state index in [4.69, 9.17) is 0 Å². The van der Waals surface area contributed by atoms with E-state index >= 15 is 0 Å². The fourth-order valence-electron chi connectivity index (χ4n) is 1.56. The van der Waals surface area contributed by atoms with Crippen LogP contribution in [-0.4, -0.2) is 62.5 Å². The second-order valence-corrected chi connectivity index (χ2v) is 4.25. The Morgan fingerprint density at radius 3 is 2.25 bits per heavy atom. The van der Waals surface area contributed by atoms with Gasteiger partial charge in [0, 0.05) is 13.1 Å². The van der Waals surface area contributed by atoms with Crippen LogP contribution in [0.15, 0.2) is 0 Å². The molecule has 0 spiro atoms. The second kappa shape index (κ2) is 9.60. The molecule has 0 aliphatic rings. The third kappa shape index (κ3) is 7.65. The molecule has 0 unspecified atom stereocenters. The predicted octanol–water partition coefficient (Wildman–Crippen LogP) is 0.786. The van der Waals surface area contributed by atoms with Crippen LogP contribution in [0.3, 0.4) is 0 Å². The molecular weight excluding hydrogens is 202 g/mol. The van der Waals surface area contributed by atoms with Gasteiger partial charge in [0.2, 0.25) is 5.91 Å². The Morgan fingerprint density at radius 1 is 1.12 bits per heavy atom. The number of nitrogens with zero attached hydrogens (tertiary/aromatic N) is 2. The lowest BCUT2D eigenvalue weighted by atomic mass is 10.3. The maximum atomic E-state index is 11.6. The van der Waals surface area contributed by atoms with Crippen LogP contribution in [0.1, 0.15) is 26.7 Å². The van der Waals surface area contributed by atoms with E-state index in [0.29, 0.717) is 6.54 Å². The molecule has 4 nitrogen and oxygen atoms in total. The molecule has 0 aliphatic carbocycles. The number of hydrogen-bond acceptors (Lipinski definition) is 3. The molecule has 0 aromatic carbocycles. The van der Waals surface area contributed by atoms with Gasteiger partial charge in [0.05, 0.1) is 6.54 Å². The monoisotopic (exact) mass is 229 g/mol. The Bertz CT molecular complexity index is 179. The van der Waals surface area contributed by atoms with Crippen LogP contribution < -0.4 is 5.32 Å². The lowest BCUT2D eigenvalue weighted by Crippen LogP contribution is -2.38. The normalized spacial score (nSPS) is 10.8. The average molecular weight is 229 g/mol. The van der Waals surface area contributed by atoms with Gasteiger partial charge in [-0.15, -0.1) is 0 Å². The summed E-state index contributed by atoms with van der Waals surface area (Å²) in [5.74, 6) is 0.206. The first-order chi connectivity index (χ1) is 7.61. The molecular formula is C12H27N3O. The van der Waals surface area contributed by atoms with E-state index in [1.807, 2.05) is 18.7 Å². The molecule has 1 N–H and O–H groups in total. The van der Waals surface area contributed by atoms with Crippen LogP contribution in [0.2, 0.25) is 0 Å². The van der Waals surface area contributed by atoms with Gasteiger partial charge in [-0.2, -0.15) is 0 Å². The van der Waals surface area contributed by atoms with Crippen molar-refractivity contribution in [2.24, 2.45) is 0 Å². The third-order valence-corrected chi connectivity index (χ3v) is 2.60. The van der Waals surface area contributed by atoms with Crippen LogP contribution in [0, 0.1) is 0 Å². The molecule has 1 amide bonds. The number of amides is 1. The van der Waals surface area contributed by atoms with Gasteiger partial charge < -0.3 is 15.1 Å². The van der Waals surface area contributed by atoms with E-state index < -0.39 is 0 Å². The van der Waals surface area contributed by atoms with Gasteiger partial charge in [0.15, 0.2) is 0 Å². The number of likely N-dealkylation sites (N-methyl/N-ethyl adjacent to an activating group) is 1. The topological polar surface area (TPSA) is 35.6 Å². The summed E-state index contributed by atoms with van der Waals surface area (Å²) >= 11 is 0. The van der Waals surface area contributed by atoms with Gasteiger partial charge in [0.1, 0.15) is 0 Å². The van der Waals surface area contributed by atoms with Crippen molar-refractivity contribution in [3.63, 3.8) is 0 Å². The number of carbonyl (C=O) groups is 1. The fraction of sp³-hybridized carbons (Fsp3) is 0.917. The van der Waals surface area contributed by atoms with E-state index in [9.17, 15) is 4.79 Å². The summed E-state index contributed by atoms with van der Waals surface area (Å²) in [6, 6.07) is 0. The molecule has 0 heterocycles. The predicted molar refractivity (Wildman–Crippen MR) is 68.6 cm³/mol. The van der Waals surface area contributed by atoms with Crippen LogP contribution in [0.5, 0.6) is 0 Å². The molecule has 0 saturated heterocycles. The summed E-state index contributed by atoms with van der Waals surface area (Å²) in [7, 11) is 4.16. The summed E-state index contributed by atoms with van der Waals surface area (Å²) < 4.78 is 0.